The minimum atomic E-state index is -4.76. The van der Waals surface area contributed by atoms with Gasteiger partial charge in [-0.2, -0.15) is 13.2 Å². The van der Waals surface area contributed by atoms with E-state index >= 15 is 0 Å². The van der Waals surface area contributed by atoms with Crippen LogP contribution in [0.5, 0.6) is 0 Å². The van der Waals surface area contributed by atoms with Crippen LogP contribution < -0.4 is 5.43 Å². The molecule has 7 heteroatoms. The van der Waals surface area contributed by atoms with Crippen LogP contribution >= 0.6 is 0 Å². The van der Waals surface area contributed by atoms with Gasteiger partial charge in [-0.15, -0.1) is 0 Å². The van der Waals surface area contributed by atoms with Crippen molar-refractivity contribution < 1.29 is 22.0 Å². The first kappa shape index (κ1) is 12.5. The molecule has 96 valence electrons. The van der Waals surface area contributed by atoms with Gasteiger partial charge in [-0.1, -0.05) is 0 Å². The van der Waals surface area contributed by atoms with Crippen LogP contribution in [0.1, 0.15) is 11.3 Å². The van der Waals surface area contributed by atoms with Crippen LogP contribution in [0.15, 0.2) is 16.9 Å². The topological polar surface area (TPSA) is 32.9 Å². The third-order valence-electron chi connectivity index (χ3n) is 2.56. The first-order valence-corrected chi connectivity index (χ1v) is 4.80. The SMILES string of the molecule is Cc1c(C(F)(F)F)[nH]c2cc(F)c(F)cc2c1=O. The van der Waals surface area contributed by atoms with Crippen LogP contribution in [0.2, 0.25) is 0 Å². The van der Waals surface area contributed by atoms with Crippen molar-refractivity contribution in [2.75, 3.05) is 0 Å². The molecule has 0 bridgehead atoms. The smallest absolute Gasteiger partial charge is 0.350 e. The molecule has 1 N–H and O–H groups in total. The Hall–Kier alpha value is -1.92. The van der Waals surface area contributed by atoms with E-state index in [9.17, 15) is 26.7 Å². The predicted octanol–water partition coefficient (Wildman–Crippen LogP) is 3.13. The molecular weight excluding hydrogens is 257 g/mol. The Morgan fingerprint density at radius 3 is 2.22 bits per heavy atom. The molecule has 0 atom stereocenters. The van der Waals surface area contributed by atoms with Crippen molar-refractivity contribution in [3.05, 3.63) is 45.2 Å². The summed E-state index contributed by atoms with van der Waals surface area (Å²) in [6.07, 6.45) is -4.76. The number of rotatable bonds is 0. The highest BCUT2D eigenvalue weighted by Crippen LogP contribution is 2.30. The van der Waals surface area contributed by atoms with Crippen molar-refractivity contribution in [3.63, 3.8) is 0 Å². The molecule has 1 heterocycles. The molecule has 0 spiro atoms. The van der Waals surface area contributed by atoms with Gasteiger partial charge in [-0.05, 0) is 13.0 Å². The highest BCUT2D eigenvalue weighted by molar-refractivity contribution is 5.79. The lowest BCUT2D eigenvalue weighted by Crippen LogP contribution is -2.19. The van der Waals surface area contributed by atoms with E-state index in [4.69, 9.17) is 0 Å². The summed E-state index contributed by atoms with van der Waals surface area (Å²) in [7, 11) is 0. The van der Waals surface area contributed by atoms with Crippen LogP contribution in [0.25, 0.3) is 10.9 Å². The number of H-pyrrole nitrogens is 1. The van der Waals surface area contributed by atoms with E-state index in [-0.39, 0.29) is 5.39 Å². The molecule has 1 aromatic carbocycles. The molecule has 0 amide bonds. The van der Waals surface area contributed by atoms with Crippen LogP contribution in [-0.2, 0) is 6.18 Å². The number of aromatic nitrogens is 1. The molecule has 18 heavy (non-hydrogen) atoms. The minimum absolute atomic E-state index is 0.320. The van der Waals surface area contributed by atoms with E-state index in [1.165, 1.54) is 0 Å². The maximum Gasteiger partial charge on any atom is 0.431 e. The van der Waals surface area contributed by atoms with Gasteiger partial charge in [-0.3, -0.25) is 4.79 Å². The van der Waals surface area contributed by atoms with Gasteiger partial charge in [0.2, 0.25) is 0 Å². The highest BCUT2D eigenvalue weighted by atomic mass is 19.4. The molecule has 0 unspecified atom stereocenters. The highest BCUT2D eigenvalue weighted by Gasteiger charge is 2.35. The summed E-state index contributed by atoms with van der Waals surface area (Å²) in [5.41, 5.74) is -3.21. The van der Waals surface area contributed by atoms with Gasteiger partial charge in [0.25, 0.3) is 0 Å². The average molecular weight is 263 g/mol. The van der Waals surface area contributed by atoms with Gasteiger partial charge in [-0.25, -0.2) is 8.78 Å². The number of fused-ring (bicyclic) bond motifs is 1. The Balaban J connectivity index is 2.93. The lowest BCUT2D eigenvalue weighted by molar-refractivity contribution is -0.141. The monoisotopic (exact) mass is 263 g/mol. The van der Waals surface area contributed by atoms with Crippen LogP contribution in [-0.4, -0.2) is 4.98 Å². The van der Waals surface area contributed by atoms with Crippen molar-refractivity contribution in [2.24, 2.45) is 0 Å². The molecule has 1 aromatic heterocycles. The third-order valence-corrected chi connectivity index (χ3v) is 2.56. The van der Waals surface area contributed by atoms with Crippen molar-refractivity contribution in [3.8, 4) is 0 Å². The molecule has 0 fully saturated rings. The van der Waals surface area contributed by atoms with Crippen molar-refractivity contribution >= 4 is 10.9 Å². The quantitative estimate of drug-likeness (QED) is 0.728. The first-order valence-electron chi connectivity index (χ1n) is 4.80. The number of nitrogens with one attached hydrogen (secondary N) is 1. The summed E-state index contributed by atoms with van der Waals surface area (Å²) < 4.78 is 63.7. The lowest BCUT2D eigenvalue weighted by Gasteiger charge is -2.11. The van der Waals surface area contributed by atoms with Gasteiger partial charge in [0.1, 0.15) is 5.69 Å². The van der Waals surface area contributed by atoms with Crippen LogP contribution in [0.4, 0.5) is 22.0 Å². The molecule has 0 radical (unpaired) electrons. The Bertz CT molecular complexity index is 686. The molecule has 2 rings (SSSR count). The summed E-state index contributed by atoms with van der Waals surface area (Å²) in [5.74, 6) is -2.61. The fourth-order valence-corrected chi connectivity index (χ4v) is 1.67. The van der Waals surface area contributed by atoms with Gasteiger partial charge >= 0.3 is 6.18 Å². The number of benzene rings is 1. The van der Waals surface area contributed by atoms with E-state index in [0.29, 0.717) is 12.1 Å². The summed E-state index contributed by atoms with van der Waals surface area (Å²) in [4.78, 5) is 13.6. The second-order valence-electron chi connectivity index (χ2n) is 3.76. The maximum absolute atomic E-state index is 12.9. The van der Waals surface area contributed by atoms with Crippen molar-refractivity contribution in [1.82, 2.24) is 4.98 Å². The Morgan fingerprint density at radius 2 is 1.67 bits per heavy atom. The van der Waals surface area contributed by atoms with Gasteiger partial charge in [0, 0.05) is 17.0 Å². The molecule has 2 nitrogen and oxygen atoms in total. The first-order chi connectivity index (χ1) is 8.21. The summed E-state index contributed by atoms with van der Waals surface area (Å²) in [6, 6.07) is 1.11. The van der Waals surface area contributed by atoms with Crippen molar-refractivity contribution in [1.29, 1.82) is 0 Å². The molecule has 2 aromatic rings. The summed E-state index contributed by atoms with van der Waals surface area (Å²) in [6.45, 7) is 0.975. The van der Waals surface area contributed by atoms with Crippen molar-refractivity contribution in [2.45, 2.75) is 13.1 Å². The van der Waals surface area contributed by atoms with E-state index in [1.54, 1.807) is 0 Å². The molecule has 0 aliphatic heterocycles. The number of hydrogen-bond acceptors (Lipinski definition) is 1. The lowest BCUT2D eigenvalue weighted by atomic mass is 10.1. The summed E-state index contributed by atoms with van der Waals surface area (Å²) >= 11 is 0. The van der Waals surface area contributed by atoms with Gasteiger partial charge < -0.3 is 4.98 Å². The zero-order valence-corrected chi connectivity index (χ0v) is 8.95. The Morgan fingerprint density at radius 1 is 1.11 bits per heavy atom. The standard InChI is InChI=1S/C11H6F5NO/c1-4-9(18)5-2-6(12)7(13)3-8(5)17-10(4)11(14,15)16/h2-3H,1H3,(H,17,18). The second-order valence-corrected chi connectivity index (χ2v) is 3.76. The number of hydrogen-bond donors (Lipinski definition) is 1. The number of aromatic amines is 1. The molecule has 0 aliphatic carbocycles. The van der Waals surface area contributed by atoms with Gasteiger partial charge in [0.15, 0.2) is 17.1 Å². The fourth-order valence-electron chi connectivity index (χ4n) is 1.67. The minimum Gasteiger partial charge on any atom is -0.350 e. The number of alkyl halides is 3. The van der Waals surface area contributed by atoms with Crippen LogP contribution in [0.3, 0.4) is 0 Å². The second kappa shape index (κ2) is 3.79. The van der Waals surface area contributed by atoms with E-state index in [1.807, 2.05) is 4.98 Å². The fraction of sp³-hybridized carbons (Fsp3) is 0.182. The number of halogens is 5. The zero-order chi connectivity index (χ0) is 13.7. The molecule has 0 saturated carbocycles. The summed E-state index contributed by atoms with van der Waals surface area (Å²) in [5, 5.41) is -0.320. The number of pyridine rings is 1. The van der Waals surface area contributed by atoms with E-state index < -0.39 is 40.0 Å². The maximum atomic E-state index is 12.9. The van der Waals surface area contributed by atoms with Crippen LogP contribution in [0, 0.1) is 18.6 Å². The largest absolute Gasteiger partial charge is 0.431 e. The Labute approximate surface area is 97.1 Å². The average Bonchev–Trinajstić information content (AvgIpc) is 2.25. The van der Waals surface area contributed by atoms with Gasteiger partial charge in [0.05, 0.1) is 5.52 Å². The van der Waals surface area contributed by atoms with E-state index in [0.717, 1.165) is 6.92 Å². The molecule has 0 saturated heterocycles. The molecule has 0 aliphatic rings. The Kier molecular flexibility index (Phi) is 2.64. The zero-order valence-electron chi connectivity index (χ0n) is 8.95. The van der Waals surface area contributed by atoms with E-state index in [2.05, 4.69) is 0 Å². The molecular formula is C11H6F5NO. The predicted molar refractivity (Wildman–Crippen MR) is 54.2 cm³/mol. The third kappa shape index (κ3) is 1.85. The normalized spacial score (nSPS) is 12.1.